The van der Waals surface area contributed by atoms with Crippen LogP contribution in [-0.2, 0) is 14.3 Å². The van der Waals surface area contributed by atoms with Crippen LogP contribution < -0.4 is 0 Å². The Kier molecular flexibility index (Phi) is 7.19. The second-order valence-electron chi connectivity index (χ2n) is 5.81. The van der Waals surface area contributed by atoms with Crippen LogP contribution in [0.25, 0.3) is 0 Å². The van der Waals surface area contributed by atoms with E-state index in [9.17, 15) is 9.59 Å². The van der Waals surface area contributed by atoms with Crippen molar-refractivity contribution in [1.29, 1.82) is 0 Å². The molecule has 0 N–H and O–H groups in total. The molecule has 5 nitrogen and oxygen atoms in total. The standard InChI is InChI=1S/C13H24ClNO4/c1-9(2)7-10(11(16)18-8-14)15(6)12(17)19-13(3,4)5/h9-10H,7-8H2,1-6H3/t10-/m1/s1. The van der Waals surface area contributed by atoms with Crippen molar-refractivity contribution < 1.29 is 19.1 Å². The van der Waals surface area contributed by atoms with Crippen LogP contribution in [0.5, 0.6) is 0 Å². The molecule has 112 valence electrons. The molecular weight excluding hydrogens is 270 g/mol. The van der Waals surface area contributed by atoms with Crippen LogP contribution in [0.3, 0.4) is 0 Å². The van der Waals surface area contributed by atoms with Crippen LogP contribution in [0, 0.1) is 5.92 Å². The predicted molar refractivity (Wildman–Crippen MR) is 74.1 cm³/mol. The summed E-state index contributed by atoms with van der Waals surface area (Å²) in [6.45, 7) is 9.24. The number of ether oxygens (including phenoxy) is 2. The summed E-state index contributed by atoms with van der Waals surface area (Å²) in [4.78, 5) is 25.1. The van der Waals surface area contributed by atoms with Crippen LogP contribution in [0.4, 0.5) is 4.79 Å². The smallest absolute Gasteiger partial charge is 0.410 e. The summed E-state index contributed by atoms with van der Waals surface area (Å²) >= 11 is 5.39. The molecule has 0 bridgehead atoms. The molecule has 1 atom stereocenters. The van der Waals surface area contributed by atoms with Crippen molar-refractivity contribution in [2.24, 2.45) is 5.92 Å². The van der Waals surface area contributed by atoms with Crippen LogP contribution in [0.2, 0.25) is 0 Å². The first-order chi connectivity index (χ1) is 8.58. The van der Waals surface area contributed by atoms with Gasteiger partial charge in [0.25, 0.3) is 0 Å². The van der Waals surface area contributed by atoms with Crippen molar-refractivity contribution in [3.05, 3.63) is 0 Å². The highest BCUT2D eigenvalue weighted by Gasteiger charge is 2.31. The first kappa shape index (κ1) is 18.0. The largest absolute Gasteiger partial charge is 0.448 e. The van der Waals surface area contributed by atoms with Crippen molar-refractivity contribution in [3.8, 4) is 0 Å². The van der Waals surface area contributed by atoms with Gasteiger partial charge in [0.15, 0.2) is 6.07 Å². The normalized spacial score (nSPS) is 13.1. The van der Waals surface area contributed by atoms with Gasteiger partial charge in [0, 0.05) is 7.05 Å². The van der Waals surface area contributed by atoms with E-state index in [4.69, 9.17) is 21.1 Å². The Morgan fingerprint density at radius 2 is 1.79 bits per heavy atom. The fourth-order valence-corrected chi connectivity index (χ4v) is 1.58. The van der Waals surface area contributed by atoms with Gasteiger partial charge < -0.3 is 9.47 Å². The zero-order chi connectivity index (χ0) is 15.2. The van der Waals surface area contributed by atoms with E-state index in [0.29, 0.717) is 6.42 Å². The van der Waals surface area contributed by atoms with E-state index in [-0.39, 0.29) is 12.0 Å². The lowest BCUT2D eigenvalue weighted by Crippen LogP contribution is -2.46. The van der Waals surface area contributed by atoms with Gasteiger partial charge in [-0.15, -0.1) is 0 Å². The molecule has 0 saturated carbocycles. The van der Waals surface area contributed by atoms with Crippen molar-refractivity contribution in [2.45, 2.75) is 52.7 Å². The fourth-order valence-electron chi connectivity index (χ4n) is 1.47. The summed E-state index contributed by atoms with van der Waals surface area (Å²) < 4.78 is 10.0. The molecule has 1 amide bonds. The van der Waals surface area contributed by atoms with Crippen molar-refractivity contribution in [1.82, 2.24) is 4.90 Å². The first-order valence-electron chi connectivity index (χ1n) is 6.27. The van der Waals surface area contributed by atoms with Crippen LogP contribution in [0.15, 0.2) is 0 Å². The minimum absolute atomic E-state index is 0.227. The highest BCUT2D eigenvalue weighted by molar-refractivity contribution is 6.17. The fraction of sp³-hybridized carbons (Fsp3) is 0.846. The minimum atomic E-state index is -0.686. The molecule has 0 saturated heterocycles. The van der Waals surface area contributed by atoms with Gasteiger partial charge in [0.05, 0.1) is 0 Å². The summed E-state index contributed by atoms with van der Waals surface area (Å²) in [5.41, 5.74) is -0.607. The number of carbonyl (C=O) groups excluding carboxylic acids is 2. The SMILES string of the molecule is CC(C)C[C@H](C(=O)OCCl)N(C)C(=O)OC(C)(C)C. The third-order valence-electron chi connectivity index (χ3n) is 2.31. The second kappa shape index (κ2) is 7.58. The zero-order valence-electron chi connectivity index (χ0n) is 12.5. The Labute approximate surface area is 120 Å². The van der Waals surface area contributed by atoms with Gasteiger partial charge in [0.1, 0.15) is 11.6 Å². The number of likely N-dealkylation sites (N-methyl/N-ethyl adjacent to an activating group) is 1. The molecule has 0 unspecified atom stereocenters. The van der Waals surface area contributed by atoms with Gasteiger partial charge in [0.2, 0.25) is 0 Å². The predicted octanol–water partition coefficient (Wildman–Crippen LogP) is 3.01. The Morgan fingerprint density at radius 3 is 2.16 bits per heavy atom. The number of hydrogen-bond donors (Lipinski definition) is 0. The van der Waals surface area contributed by atoms with E-state index in [1.807, 2.05) is 13.8 Å². The molecule has 0 aromatic rings. The molecule has 19 heavy (non-hydrogen) atoms. The van der Waals surface area contributed by atoms with Crippen LogP contribution >= 0.6 is 11.6 Å². The number of carbonyl (C=O) groups is 2. The maximum absolute atomic E-state index is 12.0. The number of amides is 1. The van der Waals surface area contributed by atoms with Gasteiger partial charge in [-0.05, 0) is 33.1 Å². The number of halogens is 1. The molecule has 6 heteroatoms. The molecule has 0 aromatic carbocycles. The topological polar surface area (TPSA) is 55.8 Å². The lowest BCUT2D eigenvalue weighted by molar-refractivity contribution is -0.147. The lowest BCUT2D eigenvalue weighted by Gasteiger charge is -2.30. The molecule has 0 spiro atoms. The van der Waals surface area contributed by atoms with Gasteiger partial charge in [-0.2, -0.15) is 0 Å². The summed E-state index contributed by atoms with van der Waals surface area (Å²) in [6, 6.07) is -0.913. The molecule has 0 radical (unpaired) electrons. The average Bonchev–Trinajstić information content (AvgIpc) is 2.22. The third-order valence-corrected chi connectivity index (χ3v) is 2.42. The summed E-state index contributed by atoms with van der Waals surface area (Å²) in [6.07, 6.45) is -0.0597. The quantitative estimate of drug-likeness (QED) is 0.577. The monoisotopic (exact) mass is 293 g/mol. The summed E-state index contributed by atoms with van der Waals surface area (Å²) in [5.74, 6) is -0.283. The van der Waals surface area contributed by atoms with E-state index in [0.717, 1.165) is 0 Å². The van der Waals surface area contributed by atoms with Crippen molar-refractivity contribution in [2.75, 3.05) is 13.1 Å². The second-order valence-corrected chi connectivity index (χ2v) is 6.03. The zero-order valence-corrected chi connectivity index (χ0v) is 13.3. The number of rotatable bonds is 5. The van der Waals surface area contributed by atoms with Crippen molar-refractivity contribution in [3.63, 3.8) is 0 Å². The van der Waals surface area contributed by atoms with Gasteiger partial charge in [-0.25, -0.2) is 9.59 Å². The van der Waals surface area contributed by atoms with Crippen LogP contribution in [-0.4, -0.2) is 41.7 Å². The van der Waals surface area contributed by atoms with E-state index < -0.39 is 23.7 Å². The third kappa shape index (κ3) is 7.25. The molecular formula is C13H24ClNO4. The van der Waals surface area contributed by atoms with E-state index >= 15 is 0 Å². The summed E-state index contributed by atoms with van der Waals surface area (Å²) in [5, 5.41) is 0. The minimum Gasteiger partial charge on any atom is -0.448 e. The van der Waals surface area contributed by atoms with Crippen molar-refractivity contribution >= 4 is 23.7 Å². The first-order valence-corrected chi connectivity index (χ1v) is 6.80. The number of hydrogen-bond acceptors (Lipinski definition) is 4. The number of alkyl halides is 1. The number of nitrogens with zero attached hydrogens (tertiary/aromatic N) is 1. The maximum atomic E-state index is 12.0. The molecule has 0 fully saturated rings. The Morgan fingerprint density at radius 1 is 1.26 bits per heavy atom. The summed E-state index contributed by atoms with van der Waals surface area (Å²) in [7, 11) is 1.52. The molecule has 0 aromatic heterocycles. The van der Waals surface area contributed by atoms with Gasteiger partial charge >= 0.3 is 12.1 Å². The molecule has 0 aliphatic heterocycles. The Hall–Kier alpha value is -0.970. The van der Waals surface area contributed by atoms with E-state index in [1.54, 1.807) is 20.8 Å². The highest BCUT2D eigenvalue weighted by Crippen LogP contribution is 2.16. The number of esters is 1. The molecule has 0 rings (SSSR count). The highest BCUT2D eigenvalue weighted by atomic mass is 35.5. The van der Waals surface area contributed by atoms with E-state index in [1.165, 1.54) is 11.9 Å². The van der Waals surface area contributed by atoms with Crippen LogP contribution in [0.1, 0.15) is 41.0 Å². The van der Waals surface area contributed by atoms with E-state index in [2.05, 4.69) is 0 Å². The Balaban J connectivity index is 4.84. The molecule has 0 heterocycles. The maximum Gasteiger partial charge on any atom is 0.410 e. The van der Waals surface area contributed by atoms with Gasteiger partial charge in [-0.1, -0.05) is 25.4 Å². The Bertz CT molecular complexity index is 312. The van der Waals surface area contributed by atoms with Gasteiger partial charge in [-0.3, -0.25) is 4.90 Å². The average molecular weight is 294 g/mol. The molecule has 0 aliphatic carbocycles. The lowest BCUT2D eigenvalue weighted by atomic mass is 10.0. The molecule has 0 aliphatic rings.